The van der Waals surface area contributed by atoms with Crippen LogP contribution in [-0.2, 0) is 21.2 Å². The van der Waals surface area contributed by atoms with Crippen molar-refractivity contribution in [2.24, 2.45) is 0 Å². The predicted molar refractivity (Wildman–Crippen MR) is 117 cm³/mol. The van der Waals surface area contributed by atoms with Crippen LogP contribution in [0, 0.1) is 0 Å². The Morgan fingerprint density at radius 1 is 0.966 bits per heavy atom. The highest BCUT2D eigenvalue weighted by Crippen LogP contribution is 2.26. The fraction of sp³-hybridized carbons (Fsp3) is 0.696. The molecule has 1 aliphatic heterocycles. The minimum atomic E-state index is -3.74. The van der Waals surface area contributed by atoms with Crippen molar-refractivity contribution in [1.82, 2.24) is 4.31 Å². The number of sulfonamides is 1. The van der Waals surface area contributed by atoms with Crippen molar-refractivity contribution in [3.8, 4) is 0 Å². The van der Waals surface area contributed by atoms with Gasteiger partial charge < -0.3 is 5.11 Å². The lowest BCUT2D eigenvalue weighted by Gasteiger charge is -2.21. The molecule has 1 aromatic carbocycles. The molecule has 2 rings (SSSR count). The van der Waals surface area contributed by atoms with Gasteiger partial charge in [0.05, 0.1) is 4.90 Å². The van der Waals surface area contributed by atoms with Crippen molar-refractivity contribution in [3.63, 3.8) is 0 Å². The second-order valence-electron chi connectivity index (χ2n) is 8.19. The minimum absolute atomic E-state index is 0.192. The third kappa shape index (κ3) is 7.41. The molecule has 5 nitrogen and oxygen atoms in total. The number of carboxylic acids is 1. The fourth-order valence-corrected chi connectivity index (χ4v) is 5.71. The van der Waals surface area contributed by atoms with Gasteiger partial charge in [-0.1, -0.05) is 76.8 Å². The molecule has 0 amide bonds. The maximum atomic E-state index is 12.8. The van der Waals surface area contributed by atoms with Crippen molar-refractivity contribution >= 4 is 16.0 Å². The Morgan fingerprint density at radius 2 is 1.52 bits per heavy atom. The Hall–Kier alpha value is -1.40. The highest BCUT2D eigenvalue weighted by molar-refractivity contribution is 7.89. The summed E-state index contributed by atoms with van der Waals surface area (Å²) in [6.45, 7) is 2.52. The van der Waals surface area contributed by atoms with Crippen molar-refractivity contribution in [2.75, 3.05) is 6.54 Å². The quantitative estimate of drug-likeness (QED) is 0.407. The first-order valence-electron chi connectivity index (χ1n) is 11.3. The Kier molecular flexibility index (Phi) is 10.2. The number of hydrogen-bond acceptors (Lipinski definition) is 3. The Balaban J connectivity index is 1.71. The van der Waals surface area contributed by atoms with Gasteiger partial charge in [-0.25, -0.2) is 8.42 Å². The second-order valence-corrected chi connectivity index (χ2v) is 10.1. The number of aliphatic carboxylic acids is 1. The highest BCUT2D eigenvalue weighted by atomic mass is 32.2. The Labute approximate surface area is 176 Å². The normalized spacial score (nSPS) is 17.6. The average Bonchev–Trinajstić information content (AvgIpc) is 3.21. The van der Waals surface area contributed by atoms with E-state index >= 15 is 0 Å². The largest absolute Gasteiger partial charge is 0.480 e. The molecular weight excluding hydrogens is 386 g/mol. The minimum Gasteiger partial charge on any atom is -0.480 e. The number of benzene rings is 1. The first-order valence-corrected chi connectivity index (χ1v) is 12.7. The first kappa shape index (κ1) is 23.9. The van der Waals surface area contributed by atoms with Gasteiger partial charge in [-0.2, -0.15) is 4.31 Å². The van der Waals surface area contributed by atoms with Crippen LogP contribution < -0.4 is 0 Å². The van der Waals surface area contributed by atoms with Crippen LogP contribution >= 0.6 is 0 Å². The van der Waals surface area contributed by atoms with Crippen molar-refractivity contribution in [1.29, 1.82) is 0 Å². The van der Waals surface area contributed by atoms with Gasteiger partial charge in [0, 0.05) is 6.54 Å². The summed E-state index contributed by atoms with van der Waals surface area (Å²) < 4.78 is 26.7. The molecule has 1 heterocycles. The molecule has 0 bridgehead atoms. The molecule has 0 spiro atoms. The number of aryl methyl sites for hydroxylation is 1. The fourth-order valence-electron chi connectivity index (χ4n) is 4.05. The lowest BCUT2D eigenvalue weighted by molar-refractivity contribution is -0.140. The maximum absolute atomic E-state index is 12.8. The van der Waals surface area contributed by atoms with Gasteiger partial charge in [0.15, 0.2) is 0 Å². The summed E-state index contributed by atoms with van der Waals surface area (Å²) in [6.07, 6.45) is 14.9. The molecule has 1 aromatic rings. The van der Waals surface area contributed by atoms with E-state index in [1.807, 2.05) is 12.1 Å². The van der Waals surface area contributed by atoms with Crippen LogP contribution in [0.4, 0.5) is 0 Å². The van der Waals surface area contributed by atoms with Crippen LogP contribution in [-0.4, -0.2) is 36.4 Å². The van der Waals surface area contributed by atoms with E-state index in [4.69, 9.17) is 0 Å². The summed E-state index contributed by atoms with van der Waals surface area (Å²) in [5.74, 6) is -1.07. The van der Waals surface area contributed by atoms with Crippen LogP contribution in [0.5, 0.6) is 0 Å². The average molecular weight is 424 g/mol. The zero-order valence-electron chi connectivity index (χ0n) is 17.8. The lowest BCUT2D eigenvalue weighted by atomic mass is 10.0. The molecule has 1 N–H and O–H groups in total. The van der Waals surface area contributed by atoms with Gasteiger partial charge in [0.2, 0.25) is 10.0 Å². The number of hydrogen-bond donors (Lipinski definition) is 1. The number of carbonyl (C=O) groups is 1. The van der Waals surface area contributed by atoms with E-state index in [1.54, 1.807) is 12.1 Å². The van der Waals surface area contributed by atoms with Crippen molar-refractivity contribution < 1.29 is 18.3 Å². The summed E-state index contributed by atoms with van der Waals surface area (Å²) in [5.41, 5.74) is 1.14. The molecule has 0 aromatic heterocycles. The van der Waals surface area contributed by atoms with E-state index in [2.05, 4.69) is 6.92 Å². The standard InChI is InChI=1S/C23H37NO4S/c1-2-3-4-5-6-7-8-9-10-11-13-20-15-17-21(18-16-20)29(27,28)24-19-12-14-22(24)23(25)26/h15-18,22H,2-14,19H2,1H3,(H,25,26)/t22-/m1/s1. The van der Waals surface area contributed by atoms with Gasteiger partial charge in [-0.15, -0.1) is 0 Å². The van der Waals surface area contributed by atoms with Gasteiger partial charge >= 0.3 is 5.97 Å². The van der Waals surface area contributed by atoms with Gasteiger partial charge in [0.1, 0.15) is 6.04 Å². The number of rotatable bonds is 14. The predicted octanol–water partition coefficient (Wildman–Crippen LogP) is 5.39. The van der Waals surface area contributed by atoms with E-state index in [1.165, 1.54) is 57.8 Å². The van der Waals surface area contributed by atoms with Crippen LogP contribution in [0.3, 0.4) is 0 Å². The smallest absolute Gasteiger partial charge is 0.322 e. The molecule has 164 valence electrons. The molecular formula is C23H37NO4S. The summed E-state index contributed by atoms with van der Waals surface area (Å²) in [4.78, 5) is 11.5. The molecule has 29 heavy (non-hydrogen) atoms. The number of nitrogens with zero attached hydrogens (tertiary/aromatic N) is 1. The molecule has 0 unspecified atom stereocenters. The molecule has 1 fully saturated rings. The van der Waals surface area contributed by atoms with Crippen molar-refractivity contribution in [3.05, 3.63) is 29.8 Å². The number of unbranched alkanes of at least 4 members (excludes halogenated alkanes) is 9. The lowest BCUT2D eigenvalue weighted by Crippen LogP contribution is -2.40. The van der Waals surface area contributed by atoms with Crippen LogP contribution in [0.25, 0.3) is 0 Å². The molecule has 0 radical (unpaired) electrons. The highest BCUT2D eigenvalue weighted by Gasteiger charge is 2.39. The zero-order valence-corrected chi connectivity index (χ0v) is 18.6. The van der Waals surface area contributed by atoms with E-state index in [0.29, 0.717) is 12.8 Å². The zero-order chi connectivity index (χ0) is 21.1. The molecule has 0 saturated carbocycles. The van der Waals surface area contributed by atoms with Gasteiger partial charge in [-0.3, -0.25) is 4.79 Å². The molecule has 6 heteroatoms. The summed E-state index contributed by atoms with van der Waals surface area (Å²) in [6, 6.07) is 6.04. The van der Waals surface area contributed by atoms with Crippen LogP contribution in [0.15, 0.2) is 29.2 Å². The van der Waals surface area contributed by atoms with Gasteiger partial charge in [-0.05, 0) is 43.4 Å². The molecule has 1 aliphatic rings. The van der Waals surface area contributed by atoms with Crippen molar-refractivity contribution in [2.45, 2.75) is 101 Å². The summed E-state index contributed by atoms with van der Waals surface area (Å²) in [5, 5.41) is 9.25. The third-order valence-corrected chi connectivity index (χ3v) is 7.76. The topological polar surface area (TPSA) is 74.7 Å². The Bertz CT molecular complexity index is 715. The monoisotopic (exact) mass is 423 g/mol. The Morgan fingerprint density at radius 3 is 2.07 bits per heavy atom. The van der Waals surface area contributed by atoms with E-state index in [9.17, 15) is 18.3 Å². The summed E-state index contributed by atoms with van der Waals surface area (Å²) in [7, 11) is -3.74. The van der Waals surface area contributed by atoms with E-state index < -0.39 is 22.0 Å². The first-order chi connectivity index (χ1) is 14.0. The number of carboxylic acid groups (broad SMARTS) is 1. The molecule has 0 aliphatic carbocycles. The van der Waals surface area contributed by atoms with Crippen LogP contribution in [0.2, 0.25) is 0 Å². The molecule has 1 saturated heterocycles. The third-order valence-electron chi connectivity index (χ3n) is 5.84. The summed E-state index contributed by atoms with van der Waals surface area (Å²) >= 11 is 0. The van der Waals surface area contributed by atoms with E-state index in [0.717, 1.165) is 22.7 Å². The van der Waals surface area contributed by atoms with Gasteiger partial charge in [0.25, 0.3) is 0 Å². The molecule has 1 atom stereocenters. The van der Waals surface area contributed by atoms with E-state index in [-0.39, 0.29) is 11.4 Å². The van der Waals surface area contributed by atoms with Crippen LogP contribution in [0.1, 0.15) is 89.5 Å². The second kappa shape index (κ2) is 12.3. The SMILES string of the molecule is CCCCCCCCCCCCc1ccc(S(=O)(=O)N2CCC[C@@H]2C(=O)O)cc1. The maximum Gasteiger partial charge on any atom is 0.322 e.